The molecule has 1 aliphatic heterocycles. The van der Waals surface area contributed by atoms with Gasteiger partial charge in [0.2, 0.25) is 17.8 Å². The van der Waals surface area contributed by atoms with Gasteiger partial charge < -0.3 is 30.5 Å². The molecule has 0 aliphatic carbocycles. The minimum Gasteiger partial charge on any atom is -0.465 e. The Balaban J connectivity index is 1.52. The van der Waals surface area contributed by atoms with E-state index in [1.165, 1.54) is 22.7 Å². The lowest BCUT2D eigenvalue weighted by Gasteiger charge is -2.24. The lowest BCUT2D eigenvalue weighted by atomic mass is 9.98. The highest BCUT2D eigenvalue weighted by Crippen LogP contribution is 2.44. The summed E-state index contributed by atoms with van der Waals surface area (Å²) in [4.78, 5) is 32.0. The monoisotopic (exact) mass is 582 g/mol. The number of anilines is 2. The number of aliphatic hydroxyl groups excluding tert-OH is 1. The van der Waals surface area contributed by atoms with E-state index in [1.807, 2.05) is 6.07 Å². The van der Waals surface area contributed by atoms with Crippen molar-refractivity contribution in [2.24, 2.45) is 0 Å². The summed E-state index contributed by atoms with van der Waals surface area (Å²) in [5.74, 6) is 0.189. The van der Waals surface area contributed by atoms with Gasteiger partial charge in [0.15, 0.2) is 40.7 Å². The summed E-state index contributed by atoms with van der Waals surface area (Å²) in [5, 5.41) is 13.7. The van der Waals surface area contributed by atoms with Crippen molar-refractivity contribution in [2.45, 2.75) is 50.9 Å². The number of aliphatic hydroxyl groups is 1. The molecule has 0 amide bonds. The topological polar surface area (TPSA) is 159 Å². The second-order valence-electron chi connectivity index (χ2n) is 8.80. The average molecular weight is 583 g/mol. The molecule has 0 bridgehead atoms. The molecule has 6 atom stereocenters. The highest BCUT2D eigenvalue weighted by Gasteiger charge is 2.56. The fraction of sp³-hybridized carbons (Fsp3) is 0.478. The molecule has 1 fully saturated rings. The van der Waals surface area contributed by atoms with Gasteiger partial charge in [0.1, 0.15) is 18.8 Å². The Morgan fingerprint density at radius 1 is 1.41 bits per heavy atom. The van der Waals surface area contributed by atoms with E-state index in [-0.39, 0.29) is 24.8 Å². The van der Waals surface area contributed by atoms with Crippen LogP contribution in [0.3, 0.4) is 0 Å². The Bertz CT molecular complexity index is 1330. The molecule has 4 rings (SSSR count). The quantitative estimate of drug-likeness (QED) is 0.172. The number of nitrogens with one attached hydrogen (secondary N) is 1. The van der Waals surface area contributed by atoms with Crippen LogP contribution < -0.4 is 15.9 Å². The first kappa shape index (κ1) is 28.9. The van der Waals surface area contributed by atoms with Gasteiger partial charge in [0.05, 0.1) is 17.8 Å². The van der Waals surface area contributed by atoms with Crippen LogP contribution in [0.4, 0.5) is 16.2 Å². The zero-order valence-corrected chi connectivity index (χ0v) is 23.4. The fourth-order valence-corrected chi connectivity index (χ4v) is 5.65. The van der Waals surface area contributed by atoms with Crippen molar-refractivity contribution in [2.75, 3.05) is 31.3 Å². The number of ether oxygens (including phenoxy) is 2. The number of benzene rings is 1. The van der Waals surface area contributed by atoms with E-state index < -0.39 is 43.2 Å². The SMILES string of the molecule is CCOC(=O)[C@@H](C)N(Oc1ccccc1)[P+](=S)OC[C@H]1O[C@@H](n2cnc3c(NC)nc(N)nc32)[C@](C)(F)[C@@H]1O. The molecule has 1 aromatic carbocycles. The summed E-state index contributed by atoms with van der Waals surface area (Å²) in [6.45, 7) is 4.35. The van der Waals surface area contributed by atoms with E-state index in [4.69, 9.17) is 36.4 Å². The first-order valence-corrected chi connectivity index (χ1v) is 14.3. The van der Waals surface area contributed by atoms with Crippen LogP contribution in [-0.4, -0.2) is 79.6 Å². The van der Waals surface area contributed by atoms with Gasteiger partial charge in [-0.3, -0.25) is 9.36 Å². The molecule has 3 heterocycles. The predicted molar refractivity (Wildman–Crippen MR) is 144 cm³/mol. The summed E-state index contributed by atoms with van der Waals surface area (Å²) < 4.78 is 34.1. The maximum absolute atomic E-state index is 15.9. The highest BCUT2D eigenvalue weighted by molar-refractivity contribution is 8.01. The number of rotatable bonds is 11. The van der Waals surface area contributed by atoms with E-state index >= 15 is 4.39 Å². The van der Waals surface area contributed by atoms with Gasteiger partial charge in [-0.25, -0.2) is 9.37 Å². The van der Waals surface area contributed by atoms with Crippen molar-refractivity contribution in [1.82, 2.24) is 24.4 Å². The largest absolute Gasteiger partial charge is 0.480 e. The molecule has 0 saturated carbocycles. The normalized spacial score (nSPS) is 24.1. The number of carbonyl (C=O) groups is 1. The number of hydroxylamine groups is 1. The molecule has 4 N–H and O–H groups in total. The second-order valence-corrected chi connectivity index (χ2v) is 10.9. The van der Waals surface area contributed by atoms with E-state index in [2.05, 4.69) is 20.3 Å². The first-order chi connectivity index (χ1) is 18.6. The first-order valence-electron chi connectivity index (χ1n) is 12.1. The predicted octanol–water partition coefficient (Wildman–Crippen LogP) is 2.47. The van der Waals surface area contributed by atoms with Crippen molar-refractivity contribution in [3.63, 3.8) is 0 Å². The lowest BCUT2D eigenvalue weighted by Crippen LogP contribution is -2.41. The summed E-state index contributed by atoms with van der Waals surface area (Å²) in [6, 6.07) is 7.81. The number of imidazole rings is 1. The van der Waals surface area contributed by atoms with Crippen molar-refractivity contribution < 1.29 is 33.1 Å². The zero-order chi connectivity index (χ0) is 28.3. The Hall–Kier alpha value is -3.07. The maximum Gasteiger partial charge on any atom is 0.480 e. The molecule has 2 aromatic heterocycles. The number of carbonyl (C=O) groups excluding carboxylic acids is 1. The number of halogens is 1. The third-order valence-corrected chi connectivity index (χ3v) is 7.98. The molecule has 1 aliphatic rings. The number of fused-ring (bicyclic) bond motifs is 1. The lowest BCUT2D eigenvalue weighted by molar-refractivity contribution is -0.154. The molecule has 1 unspecified atom stereocenters. The number of nitrogens with two attached hydrogens (primary N) is 1. The average Bonchev–Trinajstić information content (AvgIpc) is 3.43. The molecule has 13 nitrogen and oxygen atoms in total. The Morgan fingerprint density at radius 2 is 2.13 bits per heavy atom. The van der Waals surface area contributed by atoms with Gasteiger partial charge in [0, 0.05) is 7.05 Å². The number of nitrogens with zero attached hydrogens (tertiary/aromatic N) is 5. The molecule has 0 spiro atoms. The van der Waals surface area contributed by atoms with Crippen LogP contribution in [-0.2, 0) is 30.6 Å². The summed E-state index contributed by atoms with van der Waals surface area (Å²) in [7, 11) is -0.357. The van der Waals surface area contributed by atoms with Crippen molar-refractivity contribution in [3.8, 4) is 5.75 Å². The van der Waals surface area contributed by atoms with Crippen molar-refractivity contribution in [1.29, 1.82) is 0 Å². The smallest absolute Gasteiger partial charge is 0.465 e. The third-order valence-electron chi connectivity index (χ3n) is 6.06. The van der Waals surface area contributed by atoms with Crippen LogP contribution in [0.1, 0.15) is 27.0 Å². The Labute approximate surface area is 229 Å². The molecular formula is C23H30FN7O6PS+. The minimum absolute atomic E-state index is 0.0430. The Morgan fingerprint density at radius 3 is 2.79 bits per heavy atom. The standard InChI is InChI=1S/C23H30FN7O6PS/c1-5-34-20(33)13(2)31(37-14-9-7-6-8-10-14)38(39)35-11-15-17(32)23(3,24)21(36-15)30-12-27-16-18(26-4)28-22(25)29-19(16)30/h6-10,12-13,15,17,21,32H,5,11H2,1-4H3,(H3,25,26,28,29)/q+1/t13-,15-,17-,21-,23-/m1/s1. The van der Waals surface area contributed by atoms with E-state index in [0.717, 1.165) is 0 Å². The molecule has 16 heteroatoms. The highest BCUT2D eigenvalue weighted by atomic mass is 32.4. The summed E-state index contributed by atoms with van der Waals surface area (Å²) >= 11 is 5.53. The summed E-state index contributed by atoms with van der Waals surface area (Å²) in [6.07, 6.45) is -2.67. The number of esters is 1. The van der Waals surface area contributed by atoms with Crippen molar-refractivity contribution in [3.05, 3.63) is 36.7 Å². The number of para-hydroxylation sites is 1. The van der Waals surface area contributed by atoms with E-state index in [0.29, 0.717) is 17.1 Å². The zero-order valence-electron chi connectivity index (χ0n) is 21.7. The van der Waals surface area contributed by atoms with Gasteiger partial charge >= 0.3 is 13.0 Å². The van der Waals surface area contributed by atoms with Gasteiger partial charge in [0.25, 0.3) is 0 Å². The van der Waals surface area contributed by atoms with Crippen LogP contribution in [0, 0.1) is 0 Å². The molecular weight excluding hydrogens is 552 g/mol. The summed E-state index contributed by atoms with van der Waals surface area (Å²) in [5.41, 5.74) is 4.14. The minimum atomic E-state index is -2.26. The molecule has 0 radical (unpaired) electrons. The van der Waals surface area contributed by atoms with Gasteiger partial charge in [-0.05, 0) is 32.9 Å². The molecule has 3 aromatic rings. The van der Waals surface area contributed by atoms with Gasteiger partial charge in [-0.2, -0.15) is 9.97 Å². The number of nitrogen functional groups attached to an aromatic ring is 1. The number of aromatic nitrogens is 4. The van der Waals surface area contributed by atoms with Crippen molar-refractivity contribution >= 4 is 47.8 Å². The number of hydrogen-bond donors (Lipinski definition) is 3. The van der Waals surface area contributed by atoms with E-state index in [9.17, 15) is 9.90 Å². The number of alkyl halides is 1. The van der Waals surface area contributed by atoms with E-state index in [1.54, 1.807) is 45.2 Å². The third kappa shape index (κ3) is 5.93. The fourth-order valence-electron chi connectivity index (χ4n) is 4.02. The van der Waals surface area contributed by atoms with Crippen LogP contribution in [0.2, 0.25) is 0 Å². The molecule has 210 valence electrons. The van der Waals surface area contributed by atoms with Crippen LogP contribution in [0.25, 0.3) is 11.2 Å². The Kier molecular flexibility index (Phi) is 8.89. The maximum atomic E-state index is 15.9. The van der Waals surface area contributed by atoms with Crippen LogP contribution in [0.5, 0.6) is 5.75 Å². The molecule has 39 heavy (non-hydrogen) atoms. The molecule has 1 saturated heterocycles. The van der Waals surface area contributed by atoms with Gasteiger partial charge in [-0.1, -0.05) is 18.2 Å². The van der Waals surface area contributed by atoms with Gasteiger partial charge in [-0.15, -0.1) is 4.52 Å². The number of hydrogen-bond acceptors (Lipinski definition) is 12. The van der Waals surface area contributed by atoms with Crippen LogP contribution >= 0.6 is 7.07 Å². The van der Waals surface area contributed by atoms with Crippen LogP contribution in [0.15, 0.2) is 36.7 Å². The second kappa shape index (κ2) is 12.0.